The van der Waals surface area contributed by atoms with Gasteiger partial charge in [-0.15, -0.1) is 11.3 Å². The standard InChI is InChI=1S/C21H18N2O5S/c1-14(24)23-12-16-8-9-20(29-16)18(25)13-27-21(26)17-6-2-3-7-19(17)28-15-5-4-10-22-11-15/h2-11H,12-13H2,1H3,(H,23,24). The van der Waals surface area contributed by atoms with Crippen LogP contribution in [-0.2, 0) is 16.1 Å². The molecule has 8 heteroatoms. The molecule has 3 aromatic rings. The van der Waals surface area contributed by atoms with Crippen LogP contribution in [0.1, 0.15) is 31.8 Å². The van der Waals surface area contributed by atoms with Crippen LogP contribution >= 0.6 is 11.3 Å². The first kappa shape index (κ1) is 20.2. The minimum atomic E-state index is -0.659. The lowest BCUT2D eigenvalue weighted by Gasteiger charge is -2.10. The van der Waals surface area contributed by atoms with Gasteiger partial charge < -0.3 is 14.8 Å². The molecule has 1 N–H and O–H groups in total. The van der Waals surface area contributed by atoms with Crippen molar-refractivity contribution in [2.24, 2.45) is 0 Å². The molecule has 0 aliphatic carbocycles. The average Bonchev–Trinajstić information content (AvgIpc) is 3.21. The minimum Gasteiger partial charge on any atom is -0.455 e. The topological polar surface area (TPSA) is 94.6 Å². The summed E-state index contributed by atoms with van der Waals surface area (Å²) < 4.78 is 10.9. The number of aromatic nitrogens is 1. The van der Waals surface area contributed by atoms with E-state index >= 15 is 0 Å². The number of para-hydroxylation sites is 1. The lowest BCUT2D eigenvalue weighted by atomic mass is 10.2. The molecule has 0 bridgehead atoms. The van der Waals surface area contributed by atoms with Crippen molar-refractivity contribution in [1.82, 2.24) is 10.3 Å². The Labute approximate surface area is 171 Å². The maximum absolute atomic E-state index is 12.5. The Kier molecular flexibility index (Phi) is 6.70. The van der Waals surface area contributed by atoms with Crippen molar-refractivity contribution in [3.63, 3.8) is 0 Å². The van der Waals surface area contributed by atoms with Gasteiger partial charge in [0, 0.05) is 18.0 Å². The summed E-state index contributed by atoms with van der Waals surface area (Å²) in [4.78, 5) is 41.0. The highest BCUT2D eigenvalue weighted by Gasteiger charge is 2.17. The molecule has 29 heavy (non-hydrogen) atoms. The van der Waals surface area contributed by atoms with Gasteiger partial charge in [0.25, 0.3) is 0 Å². The number of nitrogens with zero attached hydrogens (tertiary/aromatic N) is 1. The van der Waals surface area contributed by atoms with E-state index in [0.717, 1.165) is 4.88 Å². The van der Waals surface area contributed by atoms with Crippen LogP contribution < -0.4 is 10.1 Å². The summed E-state index contributed by atoms with van der Waals surface area (Å²) in [5.74, 6) is -0.330. The Bertz CT molecular complexity index is 1020. The van der Waals surface area contributed by atoms with E-state index in [1.54, 1.807) is 54.7 Å². The maximum atomic E-state index is 12.5. The summed E-state index contributed by atoms with van der Waals surface area (Å²) in [6.07, 6.45) is 3.14. The fourth-order valence-electron chi connectivity index (χ4n) is 2.37. The van der Waals surface area contributed by atoms with E-state index in [-0.39, 0.29) is 23.9 Å². The van der Waals surface area contributed by atoms with Gasteiger partial charge >= 0.3 is 5.97 Å². The number of rotatable bonds is 8. The van der Waals surface area contributed by atoms with Gasteiger partial charge in [-0.25, -0.2) is 4.79 Å². The average molecular weight is 410 g/mol. The quantitative estimate of drug-likeness (QED) is 0.450. The van der Waals surface area contributed by atoms with Crippen molar-refractivity contribution in [2.45, 2.75) is 13.5 Å². The second-order valence-corrected chi connectivity index (χ2v) is 7.13. The highest BCUT2D eigenvalue weighted by molar-refractivity contribution is 7.14. The van der Waals surface area contributed by atoms with Crippen LogP contribution in [0.5, 0.6) is 11.5 Å². The number of ketones is 1. The molecule has 0 saturated carbocycles. The Hall–Kier alpha value is -3.52. The molecule has 7 nitrogen and oxygen atoms in total. The molecule has 0 atom stereocenters. The lowest BCUT2D eigenvalue weighted by Crippen LogP contribution is -2.18. The summed E-state index contributed by atoms with van der Waals surface area (Å²) in [6, 6.07) is 13.5. The molecule has 0 saturated heterocycles. The van der Waals surface area contributed by atoms with Crippen LogP contribution in [0.15, 0.2) is 60.9 Å². The molecule has 0 spiro atoms. The Morgan fingerprint density at radius 1 is 1.07 bits per heavy atom. The third-order valence-electron chi connectivity index (χ3n) is 3.75. The molecule has 0 fully saturated rings. The van der Waals surface area contributed by atoms with E-state index in [1.165, 1.54) is 24.5 Å². The number of thiophene rings is 1. The number of esters is 1. The lowest BCUT2D eigenvalue weighted by molar-refractivity contribution is -0.119. The smallest absolute Gasteiger partial charge is 0.342 e. The zero-order valence-electron chi connectivity index (χ0n) is 15.6. The number of ether oxygens (including phenoxy) is 2. The molecule has 0 aliphatic heterocycles. The zero-order valence-corrected chi connectivity index (χ0v) is 16.4. The van der Waals surface area contributed by atoms with E-state index in [1.807, 2.05) is 0 Å². The predicted octanol–water partition coefficient (Wildman–Crippen LogP) is 3.61. The highest BCUT2D eigenvalue weighted by atomic mass is 32.1. The Morgan fingerprint density at radius 3 is 2.66 bits per heavy atom. The van der Waals surface area contributed by atoms with Crippen LogP contribution in [0, 0.1) is 0 Å². The first-order valence-electron chi connectivity index (χ1n) is 8.73. The van der Waals surface area contributed by atoms with Crippen LogP contribution in [0.3, 0.4) is 0 Å². The molecule has 1 aromatic carbocycles. The molecule has 1 amide bonds. The summed E-state index contributed by atoms with van der Waals surface area (Å²) in [5.41, 5.74) is 0.210. The van der Waals surface area contributed by atoms with Crippen LogP contribution in [-0.4, -0.2) is 29.3 Å². The van der Waals surface area contributed by atoms with Crippen LogP contribution in [0.25, 0.3) is 0 Å². The number of carbonyl (C=O) groups excluding carboxylic acids is 3. The summed E-state index contributed by atoms with van der Waals surface area (Å²) >= 11 is 1.25. The van der Waals surface area contributed by atoms with E-state index in [4.69, 9.17) is 9.47 Å². The van der Waals surface area contributed by atoms with E-state index in [0.29, 0.717) is 22.9 Å². The number of hydrogen-bond donors (Lipinski definition) is 1. The molecular weight excluding hydrogens is 392 g/mol. The summed E-state index contributed by atoms with van der Waals surface area (Å²) in [5, 5.41) is 2.67. The Balaban J connectivity index is 1.61. The van der Waals surface area contributed by atoms with Crippen LogP contribution in [0.4, 0.5) is 0 Å². The summed E-state index contributed by atoms with van der Waals surface area (Å²) in [6.45, 7) is 1.39. The van der Waals surface area contributed by atoms with Gasteiger partial charge in [-0.1, -0.05) is 12.1 Å². The van der Waals surface area contributed by atoms with Gasteiger partial charge in [0.05, 0.1) is 17.6 Å². The zero-order chi connectivity index (χ0) is 20.6. The third kappa shape index (κ3) is 5.73. The highest BCUT2D eigenvalue weighted by Crippen LogP contribution is 2.25. The largest absolute Gasteiger partial charge is 0.455 e. The Morgan fingerprint density at radius 2 is 1.90 bits per heavy atom. The number of Topliss-reactive ketones (excluding diaryl/α,β-unsaturated/α-hetero) is 1. The van der Waals surface area contributed by atoms with Crippen molar-refractivity contribution in [3.8, 4) is 11.5 Å². The fourth-order valence-corrected chi connectivity index (χ4v) is 3.24. The molecule has 0 unspecified atom stereocenters. The number of nitrogens with one attached hydrogen (secondary N) is 1. The first-order valence-corrected chi connectivity index (χ1v) is 9.55. The molecule has 0 aliphatic rings. The van der Waals surface area contributed by atoms with Gasteiger partial charge in [0.1, 0.15) is 17.1 Å². The van der Waals surface area contributed by atoms with Crippen molar-refractivity contribution in [1.29, 1.82) is 0 Å². The van der Waals surface area contributed by atoms with E-state index < -0.39 is 5.97 Å². The SMILES string of the molecule is CC(=O)NCc1ccc(C(=O)COC(=O)c2ccccc2Oc2cccnc2)s1. The van der Waals surface area contributed by atoms with E-state index in [2.05, 4.69) is 10.3 Å². The van der Waals surface area contributed by atoms with Gasteiger partial charge in [-0.05, 0) is 36.4 Å². The van der Waals surface area contributed by atoms with Gasteiger partial charge in [0.2, 0.25) is 11.7 Å². The number of hydrogen-bond acceptors (Lipinski definition) is 7. The fraction of sp³-hybridized carbons (Fsp3) is 0.143. The second kappa shape index (κ2) is 9.61. The van der Waals surface area contributed by atoms with Gasteiger partial charge in [0.15, 0.2) is 6.61 Å². The normalized spacial score (nSPS) is 10.2. The molecule has 0 radical (unpaired) electrons. The van der Waals surface area contributed by atoms with E-state index in [9.17, 15) is 14.4 Å². The van der Waals surface area contributed by atoms with Crippen molar-refractivity contribution < 1.29 is 23.9 Å². The number of carbonyl (C=O) groups is 3. The first-order chi connectivity index (χ1) is 14.0. The minimum absolute atomic E-state index is 0.146. The van der Waals surface area contributed by atoms with Crippen molar-refractivity contribution >= 4 is 29.0 Å². The monoisotopic (exact) mass is 410 g/mol. The summed E-state index contributed by atoms with van der Waals surface area (Å²) in [7, 11) is 0. The molecule has 148 valence electrons. The van der Waals surface area contributed by atoms with Gasteiger partial charge in [-0.2, -0.15) is 0 Å². The molecule has 2 heterocycles. The molecule has 2 aromatic heterocycles. The third-order valence-corrected chi connectivity index (χ3v) is 4.88. The second-order valence-electron chi connectivity index (χ2n) is 5.96. The number of amides is 1. The number of benzene rings is 1. The van der Waals surface area contributed by atoms with Crippen molar-refractivity contribution in [2.75, 3.05) is 6.61 Å². The van der Waals surface area contributed by atoms with Crippen LogP contribution in [0.2, 0.25) is 0 Å². The molecule has 3 rings (SSSR count). The van der Waals surface area contributed by atoms with Crippen molar-refractivity contribution in [3.05, 3.63) is 76.2 Å². The predicted molar refractivity (Wildman–Crippen MR) is 107 cm³/mol. The maximum Gasteiger partial charge on any atom is 0.342 e. The number of pyridine rings is 1. The molecular formula is C21H18N2O5S. The van der Waals surface area contributed by atoms with Gasteiger partial charge in [-0.3, -0.25) is 14.6 Å².